The lowest BCUT2D eigenvalue weighted by molar-refractivity contribution is -0.127. The summed E-state index contributed by atoms with van der Waals surface area (Å²) in [5.41, 5.74) is 3.50. The van der Waals surface area contributed by atoms with Crippen molar-refractivity contribution in [3.63, 3.8) is 0 Å². The zero-order valence-corrected chi connectivity index (χ0v) is 14.9. The molecule has 0 fully saturated rings. The summed E-state index contributed by atoms with van der Waals surface area (Å²) in [7, 11) is 1.60. The summed E-state index contributed by atoms with van der Waals surface area (Å²) < 4.78 is 10.9. The number of benzene rings is 2. The molecule has 0 bridgehead atoms. The van der Waals surface area contributed by atoms with Gasteiger partial charge >= 0.3 is 0 Å². The number of ether oxygens (including phenoxy) is 2. The molecule has 0 aliphatic carbocycles. The van der Waals surface area contributed by atoms with Gasteiger partial charge in [-0.3, -0.25) is 4.79 Å². The van der Waals surface area contributed by atoms with E-state index in [1.165, 1.54) is 11.1 Å². The summed E-state index contributed by atoms with van der Waals surface area (Å²) >= 11 is 0. The van der Waals surface area contributed by atoms with E-state index in [0.717, 1.165) is 5.56 Å². The molecule has 0 saturated carbocycles. The monoisotopic (exact) mass is 327 g/mol. The van der Waals surface area contributed by atoms with Crippen LogP contribution in [0.4, 0.5) is 0 Å². The third-order valence-corrected chi connectivity index (χ3v) is 3.97. The fourth-order valence-electron chi connectivity index (χ4n) is 2.65. The van der Waals surface area contributed by atoms with E-state index in [-0.39, 0.29) is 11.9 Å². The molecule has 128 valence electrons. The molecule has 0 aliphatic rings. The molecular weight excluding hydrogens is 302 g/mol. The second kappa shape index (κ2) is 7.86. The lowest BCUT2D eigenvalue weighted by Gasteiger charge is -2.20. The summed E-state index contributed by atoms with van der Waals surface area (Å²) in [6, 6.07) is 13.4. The standard InChI is InChI=1S/C20H25NO3/c1-13-9-10-19(14(2)11-13)15(3)21-20(22)16(4)24-18-8-6-7-17(12-18)23-5/h6-12,15-16H,1-5H3,(H,21,22). The Labute approximate surface area is 143 Å². The maximum absolute atomic E-state index is 12.4. The molecule has 0 saturated heterocycles. The van der Waals surface area contributed by atoms with E-state index in [9.17, 15) is 4.79 Å². The van der Waals surface area contributed by atoms with Crippen LogP contribution < -0.4 is 14.8 Å². The molecule has 24 heavy (non-hydrogen) atoms. The van der Waals surface area contributed by atoms with Gasteiger partial charge in [0, 0.05) is 6.07 Å². The third-order valence-electron chi connectivity index (χ3n) is 3.97. The van der Waals surface area contributed by atoms with E-state index in [2.05, 4.69) is 37.4 Å². The fourth-order valence-corrected chi connectivity index (χ4v) is 2.65. The Bertz CT molecular complexity index is 712. The Morgan fingerprint density at radius 2 is 1.75 bits per heavy atom. The molecule has 1 amide bonds. The molecule has 0 radical (unpaired) electrons. The zero-order chi connectivity index (χ0) is 17.7. The van der Waals surface area contributed by atoms with Gasteiger partial charge < -0.3 is 14.8 Å². The normalized spacial score (nSPS) is 13.0. The van der Waals surface area contributed by atoms with Crippen molar-refractivity contribution in [2.45, 2.75) is 39.8 Å². The predicted octanol–water partition coefficient (Wildman–Crippen LogP) is 3.96. The van der Waals surface area contributed by atoms with E-state index < -0.39 is 6.10 Å². The minimum absolute atomic E-state index is 0.0746. The lowest BCUT2D eigenvalue weighted by Crippen LogP contribution is -2.38. The van der Waals surface area contributed by atoms with Crippen LogP contribution in [-0.4, -0.2) is 19.1 Å². The first-order valence-corrected chi connectivity index (χ1v) is 8.09. The van der Waals surface area contributed by atoms with Crippen LogP contribution in [0, 0.1) is 13.8 Å². The number of hydrogen-bond acceptors (Lipinski definition) is 3. The number of methoxy groups -OCH3 is 1. The van der Waals surface area contributed by atoms with Gasteiger partial charge in [-0.05, 0) is 51.0 Å². The summed E-state index contributed by atoms with van der Waals surface area (Å²) in [5, 5.41) is 3.01. The van der Waals surface area contributed by atoms with Gasteiger partial charge in [-0.1, -0.05) is 29.8 Å². The van der Waals surface area contributed by atoms with Gasteiger partial charge in [-0.15, -0.1) is 0 Å². The summed E-state index contributed by atoms with van der Waals surface area (Å²) in [6.45, 7) is 7.84. The first kappa shape index (κ1) is 17.9. The Kier molecular flexibility index (Phi) is 5.85. The largest absolute Gasteiger partial charge is 0.497 e. The topological polar surface area (TPSA) is 47.6 Å². The summed E-state index contributed by atoms with van der Waals surface area (Å²) in [6.07, 6.45) is -0.592. The van der Waals surface area contributed by atoms with Crippen LogP contribution in [0.5, 0.6) is 11.5 Å². The molecule has 0 aromatic heterocycles. The summed E-state index contributed by atoms with van der Waals surface area (Å²) in [4.78, 5) is 12.4. The number of hydrogen-bond donors (Lipinski definition) is 1. The number of carbonyl (C=O) groups excluding carboxylic acids is 1. The number of nitrogens with one attached hydrogen (secondary N) is 1. The van der Waals surface area contributed by atoms with Crippen molar-refractivity contribution in [3.05, 3.63) is 59.2 Å². The second-order valence-electron chi connectivity index (χ2n) is 6.03. The Balaban J connectivity index is 2.00. The van der Waals surface area contributed by atoms with Crippen molar-refractivity contribution >= 4 is 5.91 Å². The SMILES string of the molecule is COc1cccc(OC(C)C(=O)NC(C)c2ccc(C)cc2C)c1. The Hall–Kier alpha value is -2.49. The predicted molar refractivity (Wildman–Crippen MR) is 95.6 cm³/mol. The molecule has 2 aromatic carbocycles. The van der Waals surface area contributed by atoms with Crippen LogP contribution in [0.25, 0.3) is 0 Å². The lowest BCUT2D eigenvalue weighted by atomic mass is 10.0. The van der Waals surface area contributed by atoms with Gasteiger partial charge in [0.05, 0.1) is 13.2 Å². The third kappa shape index (κ3) is 4.51. The minimum atomic E-state index is -0.592. The van der Waals surface area contributed by atoms with Gasteiger partial charge in [0.2, 0.25) is 0 Å². The van der Waals surface area contributed by atoms with Crippen LogP contribution in [0.1, 0.15) is 36.6 Å². The number of aryl methyl sites for hydroxylation is 2. The van der Waals surface area contributed by atoms with E-state index in [1.807, 2.05) is 19.1 Å². The molecule has 0 spiro atoms. The average Bonchev–Trinajstić information content (AvgIpc) is 2.54. The fraction of sp³-hybridized carbons (Fsp3) is 0.350. The van der Waals surface area contributed by atoms with Crippen molar-refractivity contribution in [1.29, 1.82) is 0 Å². The molecule has 2 rings (SSSR count). The number of amides is 1. The van der Waals surface area contributed by atoms with Crippen molar-refractivity contribution < 1.29 is 14.3 Å². The first-order chi connectivity index (χ1) is 11.4. The van der Waals surface area contributed by atoms with Crippen LogP contribution in [0.15, 0.2) is 42.5 Å². The Morgan fingerprint density at radius 3 is 2.42 bits per heavy atom. The van der Waals surface area contributed by atoms with E-state index in [0.29, 0.717) is 11.5 Å². The molecule has 0 heterocycles. The molecule has 4 nitrogen and oxygen atoms in total. The van der Waals surface area contributed by atoms with Crippen molar-refractivity contribution in [1.82, 2.24) is 5.32 Å². The van der Waals surface area contributed by atoms with Crippen LogP contribution in [0.3, 0.4) is 0 Å². The molecule has 1 N–H and O–H groups in total. The molecule has 2 atom stereocenters. The van der Waals surface area contributed by atoms with E-state index in [1.54, 1.807) is 26.2 Å². The molecule has 4 heteroatoms. The molecule has 0 aliphatic heterocycles. The average molecular weight is 327 g/mol. The van der Waals surface area contributed by atoms with Gasteiger partial charge in [0.15, 0.2) is 6.10 Å². The maximum Gasteiger partial charge on any atom is 0.261 e. The highest BCUT2D eigenvalue weighted by Gasteiger charge is 2.18. The first-order valence-electron chi connectivity index (χ1n) is 8.09. The van der Waals surface area contributed by atoms with Gasteiger partial charge in [-0.25, -0.2) is 0 Å². The second-order valence-corrected chi connectivity index (χ2v) is 6.03. The van der Waals surface area contributed by atoms with Crippen LogP contribution >= 0.6 is 0 Å². The van der Waals surface area contributed by atoms with Gasteiger partial charge in [-0.2, -0.15) is 0 Å². The smallest absolute Gasteiger partial charge is 0.261 e. The molecule has 2 unspecified atom stereocenters. The summed E-state index contributed by atoms with van der Waals surface area (Å²) in [5.74, 6) is 1.16. The van der Waals surface area contributed by atoms with Crippen molar-refractivity contribution in [3.8, 4) is 11.5 Å². The van der Waals surface area contributed by atoms with Crippen molar-refractivity contribution in [2.24, 2.45) is 0 Å². The maximum atomic E-state index is 12.4. The minimum Gasteiger partial charge on any atom is -0.497 e. The highest BCUT2D eigenvalue weighted by Crippen LogP contribution is 2.21. The van der Waals surface area contributed by atoms with Crippen LogP contribution in [-0.2, 0) is 4.79 Å². The Morgan fingerprint density at radius 1 is 1.04 bits per heavy atom. The van der Waals surface area contributed by atoms with E-state index in [4.69, 9.17) is 9.47 Å². The van der Waals surface area contributed by atoms with E-state index >= 15 is 0 Å². The van der Waals surface area contributed by atoms with Crippen LogP contribution in [0.2, 0.25) is 0 Å². The van der Waals surface area contributed by atoms with Gasteiger partial charge in [0.1, 0.15) is 11.5 Å². The van der Waals surface area contributed by atoms with Gasteiger partial charge in [0.25, 0.3) is 5.91 Å². The number of rotatable bonds is 6. The molecule has 2 aromatic rings. The molecular formula is C20H25NO3. The van der Waals surface area contributed by atoms with Crippen molar-refractivity contribution in [2.75, 3.05) is 7.11 Å². The zero-order valence-electron chi connectivity index (χ0n) is 14.9. The number of carbonyl (C=O) groups is 1. The quantitative estimate of drug-likeness (QED) is 0.874. The highest BCUT2D eigenvalue weighted by atomic mass is 16.5. The highest BCUT2D eigenvalue weighted by molar-refractivity contribution is 5.81.